The first-order valence-electron chi connectivity index (χ1n) is 5.78. The van der Waals surface area contributed by atoms with Gasteiger partial charge in [-0.2, -0.15) is 0 Å². The Morgan fingerprint density at radius 1 is 1.53 bits per heavy atom. The molecule has 1 aliphatic rings. The van der Waals surface area contributed by atoms with Gasteiger partial charge < -0.3 is 5.11 Å². The predicted octanol–water partition coefficient (Wildman–Crippen LogP) is 2.29. The van der Waals surface area contributed by atoms with E-state index in [1.807, 2.05) is 13.0 Å². The second-order valence-corrected chi connectivity index (χ2v) is 4.62. The summed E-state index contributed by atoms with van der Waals surface area (Å²) in [7, 11) is 0. The standard InChI is InChI=1S/C13H16FNO2/c1-9(11-4-2-3-5-12(11)14)15-7-10(8-15)6-13(16)17/h2-5,9-10H,6-8H2,1H3,(H,16,17). The summed E-state index contributed by atoms with van der Waals surface area (Å²) >= 11 is 0. The first kappa shape index (κ1) is 12.0. The SMILES string of the molecule is CC(c1ccccc1F)N1CC(CC(=O)O)C1. The van der Waals surface area contributed by atoms with E-state index >= 15 is 0 Å². The zero-order chi connectivity index (χ0) is 12.4. The molecule has 2 rings (SSSR count). The van der Waals surface area contributed by atoms with Crippen LogP contribution < -0.4 is 0 Å². The minimum atomic E-state index is -0.756. The fraction of sp³-hybridized carbons (Fsp3) is 0.462. The van der Waals surface area contributed by atoms with Crippen molar-refractivity contribution in [2.75, 3.05) is 13.1 Å². The van der Waals surface area contributed by atoms with Crippen LogP contribution in [0.25, 0.3) is 0 Å². The van der Waals surface area contributed by atoms with Crippen molar-refractivity contribution in [3.8, 4) is 0 Å². The lowest BCUT2D eigenvalue weighted by Gasteiger charge is -2.42. The Labute approximate surface area is 99.9 Å². The second kappa shape index (κ2) is 4.84. The Hall–Kier alpha value is -1.42. The van der Waals surface area contributed by atoms with Crippen molar-refractivity contribution in [2.24, 2.45) is 5.92 Å². The highest BCUT2D eigenvalue weighted by molar-refractivity contribution is 5.67. The van der Waals surface area contributed by atoms with Crippen molar-refractivity contribution in [2.45, 2.75) is 19.4 Å². The van der Waals surface area contributed by atoms with Crippen LogP contribution in [-0.2, 0) is 4.79 Å². The summed E-state index contributed by atoms with van der Waals surface area (Å²) in [5, 5.41) is 8.66. The molecule has 1 heterocycles. The first-order valence-corrected chi connectivity index (χ1v) is 5.78. The van der Waals surface area contributed by atoms with Crippen LogP contribution >= 0.6 is 0 Å². The van der Waals surface area contributed by atoms with Crippen LogP contribution in [0.15, 0.2) is 24.3 Å². The highest BCUT2D eigenvalue weighted by Gasteiger charge is 2.32. The number of rotatable bonds is 4. The Bertz CT molecular complexity index is 416. The molecule has 1 N–H and O–H groups in total. The van der Waals surface area contributed by atoms with Gasteiger partial charge in [-0.1, -0.05) is 18.2 Å². The number of hydrogen-bond donors (Lipinski definition) is 1. The van der Waals surface area contributed by atoms with E-state index in [2.05, 4.69) is 4.90 Å². The van der Waals surface area contributed by atoms with E-state index in [1.54, 1.807) is 12.1 Å². The molecule has 1 saturated heterocycles. The largest absolute Gasteiger partial charge is 0.481 e. The third-order valence-corrected chi connectivity index (χ3v) is 3.35. The summed E-state index contributed by atoms with van der Waals surface area (Å²) in [5.74, 6) is -0.739. The van der Waals surface area contributed by atoms with Gasteiger partial charge in [0.1, 0.15) is 5.82 Å². The normalized spacial score (nSPS) is 18.7. The maximum atomic E-state index is 13.5. The van der Waals surface area contributed by atoms with Gasteiger partial charge in [0.2, 0.25) is 0 Å². The molecule has 1 unspecified atom stereocenters. The Balaban J connectivity index is 1.93. The number of aliphatic carboxylic acids is 1. The molecule has 0 amide bonds. The second-order valence-electron chi connectivity index (χ2n) is 4.62. The zero-order valence-corrected chi connectivity index (χ0v) is 9.77. The van der Waals surface area contributed by atoms with Gasteiger partial charge in [-0.3, -0.25) is 9.69 Å². The maximum absolute atomic E-state index is 13.5. The number of carbonyl (C=O) groups is 1. The zero-order valence-electron chi connectivity index (χ0n) is 9.77. The average Bonchev–Trinajstić information content (AvgIpc) is 2.22. The minimum Gasteiger partial charge on any atom is -0.481 e. The summed E-state index contributed by atoms with van der Waals surface area (Å²) in [6.07, 6.45) is 0.209. The molecule has 1 aromatic rings. The van der Waals surface area contributed by atoms with Gasteiger partial charge in [-0.25, -0.2) is 4.39 Å². The number of benzene rings is 1. The summed E-state index contributed by atoms with van der Waals surface area (Å²) in [5.41, 5.74) is 0.682. The van der Waals surface area contributed by atoms with Crippen LogP contribution in [0.2, 0.25) is 0 Å². The van der Waals surface area contributed by atoms with E-state index in [0.717, 1.165) is 13.1 Å². The molecule has 0 saturated carbocycles. The predicted molar refractivity (Wildman–Crippen MR) is 62.1 cm³/mol. The molecule has 0 bridgehead atoms. The molecule has 4 heteroatoms. The summed E-state index contributed by atoms with van der Waals surface area (Å²) in [4.78, 5) is 12.6. The van der Waals surface area contributed by atoms with Gasteiger partial charge in [-0.15, -0.1) is 0 Å². The number of hydrogen-bond acceptors (Lipinski definition) is 2. The lowest BCUT2D eigenvalue weighted by molar-refractivity contribution is -0.139. The molecule has 1 aliphatic heterocycles. The lowest BCUT2D eigenvalue weighted by Crippen LogP contribution is -2.48. The van der Waals surface area contributed by atoms with E-state index in [4.69, 9.17) is 5.11 Å². The fourth-order valence-electron chi connectivity index (χ4n) is 2.31. The van der Waals surface area contributed by atoms with Crippen molar-refractivity contribution in [1.29, 1.82) is 0 Å². The van der Waals surface area contributed by atoms with Crippen LogP contribution in [-0.4, -0.2) is 29.1 Å². The maximum Gasteiger partial charge on any atom is 0.303 e. The molecule has 3 nitrogen and oxygen atoms in total. The van der Waals surface area contributed by atoms with Gasteiger partial charge in [0.05, 0.1) is 6.42 Å². The van der Waals surface area contributed by atoms with E-state index in [0.29, 0.717) is 5.56 Å². The molecule has 92 valence electrons. The van der Waals surface area contributed by atoms with Gasteiger partial charge in [0, 0.05) is 24.7 Å². The minimum absolute atomic E-state index is 0.0150. The Morgan fingerprint density at radius 2 is 2.18 bits per heavy atom. The fourth-order valence-corrected chi connectivity index (χ4v) is 2.31. The molecule has 1 aromatic carbocycles. The lowest BCUT2D eigenvalue weighted by atomic mass is 9.92. The quantitative estimate of drug-likeness (QED) is 0.873. The average molecular weight is 237 g/mol. The molecule has 1 atom stereocenters. The van der Waals surface area contributed by atoms with Gasteiger partial charge in [0.15, 0.2) is 0 Å². The smallest absolute Gasteiger partial charge is 0.303 e. The number of likely N-dealkylation sites (tertiary alicyclic amines) is 1. The number of nitrogens with zero attached hydrogens (tertiary/aromatic N) is 1. The van der Waals surface area contributed by atoms with Gasteiger partial charge in [0.25, 0.3) is 0 Å². The van der Waals surface area contributed by atoms with Crippen molar-refractivity contribution in [1.82, 2.24) is 4.90 Å². The summed E-state index contributed by atoms with van der Waals surface area (Å²) < 4.78 is 13.5. The molecular formula is C13H16FNO2. The van der Waals surface area contributed by atoms with Crippen molar-refractivity contribution < 1.29 is 14.3 Å². The summed E-state index contributed by atoms with van der Waals surface area (Å²) in [6, 6.07) is 6.75. The highest BCUT2D eigenvalue weighted by Crippen LogP contribution is 2.30. The molecule has 17 heavy (non-hydrogen) atoms. The van der Waals surface area contributed by atoms with Crippen molar-refractivity contribution in [3.63, 3.8) is 0 Å². The number of halogens is 1. The van der Waals surface area contributed by atoms with Crippen LogP contribution in [0.1, 0.15) is 24.9 Å². The van der Waals surface area contributed by atoms with Gasteiger partial charge in [-0.05, 0) is 18.9 Å². The topological polar surface area (TPSA) is 40.5 Å². The van der Waals surface area contributed by atoms with Crippen LogP contribution in [0, 0.1) is 11.7 Å². The molecule has 0 spiro atoms. The Kier molecular flexibility index (Phi) is 3.43. The monoisotopic (exact) mass is 237 g/mol. The van der Waals surface area contributed by atoms with Gasteiger partial charge >= 0.3 is 5.97 Å². The number of carboxylic acid groups (broad SMARTS) is 1. The van der Waals surface area contributed by atoms with Crippen LogP contribution in [0.4, 0.5) is 4.39 Å². The summed E-state index contributed by atoms with van der Waals surface area (Å²) in [6.45, 7) is 3.43. The van der Waals surface area contributed by atoms with E-state index in [1.165, 1.54) is 6.07 Å². The van der Waals surface area contributed by atoms with Crippen molar-refractivity contribution >= 4 is 5.97 Å². The Morgan fingerprint density at radius 3 is 2.76 bits per heavy atom. The molecular weight excluding hydrogens is 221 g/mol. The van der Waals surface area contributed by atoms with Crippen LogP contribution in [0.5, 0.6) is 0 Å². The molecule has 0 radical (unpaired) electrons. The third kappa shape index (κ3) is 2.64. The van der Waals surface area contributed by atoms with E-state index in [-0.39, 0.29) is 24.2 Å². The molecule has 1 fully saturated rings. The van der Waals surface area contributed by atoms with Crippen molar-refractivity contribution in [3.05, 3.63) is 35.6 Å². The van der Waals surface area contributed by atoms with E-state index < -0.39 is 5.97 Å². The third-order valence-electron chi connectivity index (χ3n) is 3.35. The number of carboxylic acids is 1. The first-order chi connectivity index (χ1) is 8.08. The molecule has 0 aliphatic carbocycles. The highest BCUT2D eigenvalue weighted by atomic mass is 19.1. The molecule has 0 aromatic heterocycles. The van der Waals surface area contributed by atoms with Crippen LogP contribution in [0.3, 0.4) is 0 Å². The van der Waals surface area contributed by atoms with E-state index in [9.17, 15) is 9.18 Å².